The Morgan fingerprint density at radius 1 is 0.300 bits per heavy atom. The maximum absolute atomic E-state index is 5.34. The zero-order valence-corrected chi connectivity index (χ0v) is 33.7. The molecule has 12 aromatic rings. The van der Waals surface area contributed by atoms with Gasteiger partial charge >= 0.3 is 0 Å². The van der Waals surface area contributed by atoms with Gasteiger partial charge in [-0.05, 0) is 105 Å². The van der Waals surface area contributed by atoms with Crippen LogP contribution in [0.2, 0.25) is 0 Å². The summed E-state index contributed by atoms with van der Waals surface area (Å²) in [4.78, 5) is 20.3. The summed E-state index contributed by atoms with van der Waals surface area (Å²) in [5, 5.41) is 7.38. The summed E-state index contributed by atoms with van der Waals surface area (Å²) >= 11 is 3.68. The molecule has 0 unspecified atom stereocenters. The number of aromatic nitrogens is 4. The Balaban J connectivity index is 1.11. The Morgan fingerprint density at radius 3 is 1.50 bits per heavy atom. The first-order valence-electron chi connectivity index (χ1n) is 19.9. The molecule has 0 saturated heterocycles. The first-order chi connectivity index (χ1) is 29.7. The van der Waals surface area contributed by atoms with Crippen molar-refractivity contribution < 1.29 is 0 Å². The fourth-order valence-electron chi connectivity index (χ4n) is 8.44. The number of hydrogen-bond donors (Lipinski definition) is 0. The van der Waals surface area contributed by atoms with Crippen molar-refractivity contribution in [2.75, 3.05) is 0 Å². The van der Waals surface area contributed by atoms with E-state index in [0.717, 1.165) is 55.5 Å². The highest BCUT2D eigenvalue weighted by Crippen LogP contribution is 2.41. The average Bonchev–Trinajstić information content (AvgIpc) is 3.89. The standard InChI is InChI=1S/C54H32N4S2/c1-2-11-34-26-37(20-19-33(34)10-1)52-56-53(58-54(57-52)45-16-4-3-13-42(45)38-12-9-25-55-32-38)41-28-39(35-21-23-50-46(30-35)43-14-5-7-17-48(43)59-50)27-40(29-41)36-22-24-51-47(31-36)44-15-6-8-18-49(44)60-51/h1-32H. The van der Waals surface area contributed by atoms with Crippen LogP contribution in [-0.2, 0) is 0 Å². The molecule has 0 saturated carbocycles. The van der Waals surface area contributed by atoms with Gasteiger partial charge in [-0.2, -0.15) is 0 Å². The summed E-state index contributed by atoms with van der Waals surface area (Å²) < 4.78 is 5.14. The lowest BCUT2D eigenvalue weighted by Gasteiger charge is -2.14. The monoisotopic (exact) mass is 800 g/mol. The molecule has 8 aromatic carbocycles. The molecule has 4 aromatic heterocycles. The van der Waals surface area contributed by atoms with E-state index < -0.39 is 0 Å². The number of nitrogens with zero attached hydrogens (tertiary/aromatic N) is 4. The Bertz CT molecular complexity index is 3490. The molecule has 0 aliphatic rings. The molecular weight excluding hydrogens is 769 g/mol. The maximum atomic E-state index is 5.34. The number of rotatable bonds is 6. The van der Waals surface area contributed by atoms with Crippen LogP contribution in [0.1, 0.15) is 0 Å². The first-order valence-corrected chi connectivity index (χ1v) is 21.6. The van der Waals surface area contributed by atoms with E-state index in [1.165, 1.54) is 45.7 Å². The van der Waals surface area contributed by atoms with E-state index >= 15 is 0 Å². The number of hydrogen-bond acceptors (Lipinski definition) is 6. The lowest BCUT2D eigenvalue weighted by atomic mass is 9.94. The van der Waals surface area contributed by atoms with Crippen molar-refractivity contribution in [2.45, 2.75) is 0 Å². The van der Waals surface area contributed by atoms with Crippen molar-refractivity contribution in [1.82, 2.24) is 19.9 Å². The van der Waals surface area contributed by atoms with Crippen LogP contribution in [0.5, 0.6) is 0 Å². The predicted octanol–water partition coefficient (Wildman–Crippen LogP) is 15.2. The predicted molar refractivity (Wildman–Crippen MR) is 254 cm³/mol. The van der Waals surface area contributed by atoms with Crippen molar-refractivity contribution >= 4 is 73.8 Å². The average molecular weight is 801 g/mol. The number of pyridine rings is 1. The highest BCUT2D eigenvalue weighted by atomic mass is 32.1. The lowest BCUT2D eigenvalue weighted by Crippen LogP contribution is -2.01. The fourth-order valence-corrected chi connectivity index (χ4v) is 10.6. The van der Waals surface area contributed by atoms with E-state index in [-0.39, 0.29) is 0 Å². The Labute approximate surface area is 353 Å². The Kier molecular flexibility index (Phi) is 8.18. The number of benzene rings is 8. The molecule has 0 aliphatic carbocycles. The minimum Gasteiger partial charge on any atom is -0.264 e. The van der Waals surface area contributed by atoms with E-state index in [2.05, 4.69) is 175 Å². The van der Waals surface area contributed by atoms with E-state index in [9.17, 15) is 0 Å². The van der Waals surface area contributed by atoms with Gasteiger partial charge in [0.15, 0.2) is 17.5 Å². The van der Waals surface area contributed by atoms with Crippen LogP contribution in [0.4, 0.5) is 0 Å². The van der Waals surface area contributed by atoms with E-state index in [4.69, 9.17) is 15.0 Å². The molecule has 0 atom stereocenters. The third kappa shape index (κ3) is 6.04. The summed E-state index contributed by atoms with van der Waals surface area (Å²) in [6.07, 6.45) is 3.69. The van der Waals surface area contributed by atoms with Gasteiger partial charge in [-0.3, -0.25) is 4.98 Å². The summed E-state index contributed by atoms with van der Waals surface area (Å²) in [6.45, 7) is 0. The molecule has 12 rings (SSSR count). The number of thiophene rings is 2. The maximum Gasteiger partial charge on any atom is 0.164 e. The van der Waals surface area contributed by atoms with Crippen molar-refractivity contribution in [3.05, 3.63) is 194 Å². The molecule has 280 valence electrons. The lowest BCUT2D eigenvalue weighted by molar-refractivity contribution is 1.07. The highest BCUT2D eigenvalue weighted by molar-refractivity contribution is 7.26. The molecule has 6 heteroatoms. The van der Waals surface area contributed by atoms with Crippen molar-refractivity contribution in [1.29, 1.82) is 0 Å². The molecule has 0 fully saturated rings. The summed E-state index contributed by atoms with van der Waals surface area (Å²) in [5.74, 6) is 1.83. The van der Waals surface area contributed by atoms with Crippen LogP contribution in [0.3, 0.4) is 0 Å². The molecule has 0 N–H and O–H groups in total. The summed E-state index contributed by atoms with van der Waals surface area (Å²) in [7, 11) is 0. The van der Waals surface area contributed by atoms with Gasteiger partial charge in [0, 0.05) is 75.0 Å². The normalized spacial score (nSPS) is 11.7. The van der Waals surface area contributed by atoms with E-state index in [1.807, 2.05) is 41.0 Å². The second-order valence-corrected chi connectivity index (χ2v) is 17.2. The molecular formula is C54H32N4S2. The molecule has 0 bridgehead atoms. The quantitative estimate of drug-likeness (QED) is 0.168. The van der Waals surface area contributed by atoms with Gasteiger partial charge in [-0.1, -0.05) is 115 Å². The highest BCUT2D eigenvalue weighted by Gasteiger charge is 2.19. The van der Waals surface area contributed by atoms with E-state index in [1.54, 1.807) is 6.20 Å². The summed E-state index contributed by atoms with van der Waals surface area (Å²) in [5.41, 5.74) is 9.24. The largest absolute Gasteiger partial charge is 0.264 e. The van der Waals surface area contributed by atoms with Crippen LogP contribution < -0.4 is 0 Å². The second-order valence-electron chi connectivity index (χ2n) is 15.1. The minimum absolute atomic E-state index is 0.604. The molecule has 4 nitrogen and oxygen atoms in total. The van der Waals surface area contributed by atoms with Gasteiger partial charge < -0.3 is 0 Å². The van der Waals surface area contributed by atoms with Gasteiger partial charge in [-0.25, -0.2) is 15.0 Å². The van der Waals surface area contributed by atoms with Crippen molar-refractivity contribution in [2.24, 2.45) is 0 Å². The zero-order valence-electron chi connectivity index (χ0n) is 32.1. The molecule has 60 heavy (non-hydrogen) atoms. The van der Waals surface area contributed by atoms with Crippen LogP contribution in [0.25, 0.3) is 119 Å². The van der Waals surface area contributed by atoms with Gasteiger partial charge in [0.25, 0.3) is 0 Å². The minimum atomic E-state index is 0.604. The Hall–Kier alpha value is -7.38. The smallest absolute Gasteiger partial charge is 0.164 e. The molecule has 0 aliphatic heterocycles. The SMILES string of the molecule is c1cncc(-c2ccccc2-c2nc(-c3cc(-c4ccc5sc6ccccc6c5c4)cc(-c4ccc5sc6ccccc6c5c4)c3)nc(-c3ccc4ccccc4c3)n2)c1. The fraction of sp³-hybridized carbons (Fsp3) is 0. The zero-order chi connectivity index (χ0) is 39.6. The third-order valence-corrected chi connectivity index (χ3v) is 13.7. The Morgan fingerprint density at radius 2 is 0.833 bits per heavy atom. The number of fused-ring (bicyclic) bond motifs is 7. The van der Waals surface area contributed by atoms with Crippen LogP contribution in [0, 0.1) is 0 Å². The van der Waals surface area contributed by atoms with Gasteiger partial charge in [0.1, 0.15) is 0 Å². The molecule has 0 spiro atoms. The van der Waals surface area contributed by atoms with Crippen LogP contribution in [0.15, 0.2) is 194 Å². The van der Waals surface area contributed by atoms with Crippen LogP contribution >= 0.6 is 22.7 Å². The van der Waals surface area contributed by atoms with Gasteiger partial charge in [0.2, 0.25) is 0 Å². The van der Waals surface area contributed by atoms with Gasteiger partial charge in [-0.15, -0.1) is 22.7 Å². The molecule has 4 heterocycles. The molecule has 0 amide bonds. The van der Waals surface area contributed by atoms with Crippen LogP contribution in [-0.4, -0.2) is 19.9 Å². The third-order valence-electron chi connectivity index (χ3n) is 11.4. The topological polar surface area (TPSA) is 51.6 Å². The summed E-state index contributed by atoms with van der Waals surface area (Å²) in [6, 6.07) is 65.1. The van der Waals surface area contributed by atoms with Crippen molar-refractivity contribution in [3.8, 4) is 67.5 Å². The first kappa shape index (κ1) is 34.6. The molecule has 0 radical (unpaired) electrons. The second kappa shape index (κ2) is 14.2. The van der Waals surface area contributed by atoms with Crippen molar-refractivity contribution in [3.63, 3.8) is 0 Å². The van der Waals surface area contributed by atoms with E-state index in [0.29, 0.717) is 17.5 Å². The van der Waals surface area contributed by atoms with Gasteiger partial charge in [0.05, 0.1) is 0 Å².